The van der Waals surface area contributed by atoms with Gasteiger partial charge in [0.1, 0.15) is 11.7 Å². The van der Waals surface area contributed by atoms with E-state index in [0.29, 0.717) is 34.4 Å². The van der Waals surface area contributed by atoms with Crippen LogP contribution in [0.5, 0.6) is 0 Å². The van der Waals surface area contributed by atoms with Crippen LogP contribution in [0.2, 0.25) is 0 Å². The van der Waals surface area contributed by atoms with Gasteiger partial charge in [0.15, 0.2) is 5.76 Å². The first-order chi connectivity index (χ1) is 15.4. The first kappa shape index (κ1) is 22.6. The third kappa shape index (κ3) is 4.20. The van der Waals surface area contributed by atoms with E-state index in [1.165, 1.54) is 24.8 Å². The van der Waals surface area contributed by atoms with Crippen LogP contribution in [0.25, 0.3) is 5.76 Å². The number of nitrogens with two attached hydrogens (primary N) is 1. The second kappa shape index (κ2) is 9.09. The molecular weight excluding hydrogens is 399 g/mol. The summed E-state index contributed by atoms with van der Waals surface area (Å²) in [6.45, 7) is 7.99. The fourth-order valence-corrected chi connectivity index (χ4v) is 5.63. The first-order valence-corrected chi connectivity index (χ1v) is 11.9. The van der Waals surface area contributed by atoms with E-state index >= 15 is 4.39 Å². The second-order valence-corrected chi connectivity index (χ2v) is 9.91. The Labute approximate surface area is 191 Å². The Hall–Kier alpha value is -2.62. The number of benzene rings is 2. The number of oxime groups is 1. The lowest BCUT2D eigenvalue weighted by Crippen LogP contribution is -2.19. The van der Waals surface area contributed by atoms with Crippen LogP contribution in [0.4, 0.5) is 4.39 Å². The van der Waals surface area contributed by atoms with Gasteiger partial charge >= 0.3 is 0 Å². The monoisotopic (exact) mass is 434 g/mol. The largest absolute Gasteiger partial charge is 0.384 e. The molecule has 0 aromatic heterocycles. The highest BCUT2D eigenvalue weighted by molar-refractivity contribution is 5.81. The van der Waals surface area contributed by atoms with Gasteiger partial charge in [-0.05, 0) is 79.0 Å². The summed E-state index contributed by atoms with van der Waals surface area (Å²) in [5.41, 5.74) is 8.93. The van der Waals surface area contributed by atoms with E-state index in [9.17, 15) is 0 Å². The quantitative estimate of drug-likeness (QED) is 0.218. The molecular formula is C28H35FN2O. The van der Waals surface area contributed by atoms with Crippen molar-refractivity contribution in [3.05, 3.63) is 77.1 Å². The summed E-state index contributed by atoms with van der Waals surface area (Å²) in [7, 11) is 0. The molecule has 0 amide bonds. The number of nitrogens with zero attached hydrogens (tertiary/aromatic N) is 1. The Morgan fingerprint density at radius 1 is 1.19 bits per heavy atom. The predicted octanol–water partition coefficient (Wildman–Crippen LogP) is 6.68. The van der Waals surface area contributed by atoms with Gasteiger partial charge in [-0.2, -0.15) is 0 Å². The van der Waals surface area contributed by atoms with Crippen LogP contribution in [0.15, 0.2) is 59.8 Å². The van der Waals surface area contributed by atoms with Crippen LogP contribution in [0.3, 0.4) is 0 Å². The van der Waals surface area contributed by atoms with E-state index in [1.807, 2.05) is 32.9 Å². The van der Waals surface area contributed by atoms with Crippen molar-refractivity contribution >= 4 is 11.6 Å². The van der Waals surface area contributed by atoms with Crippen LogP contribution in [0.1, 0.15) is 63.6 Å². The number of halogens is 1. The van der Waals surface area contributed by atoms with Crippen LogP contribution >= 0.6 is 0 Å². The predicted molar refractivity (Wildman–Crippen MR) is 129 cm³/mol. The van der Waals surface area contributed by atoms with Crippen LogP contribution in [-0.4, -0.2) is 5.84 Å². The van der Waals surface area contributed by atoms with Gasteiger partial charge in [0.25, 0.3) is 0 Å². The Bertz CT molecular complexity index is 1010. The summed E-state index contributed by atoms with van der Waals surface area (Å²) in [6, 6.07) is 16.5. The fourth-order valence-electron chi connectivity index (χ4n) is 5.63. The van der Waals surface area contributed by atoms with Crippen LogP contribution in [-0.2, 0) is 16.7 Å². The number of hydrogen-bond donors (Lipinski definition) is 1. The van der Waals surface area contributed by atoms with Crippen molar-refractivity contribution < 1.29 is 9.23 Å². The fraction of sp³-hybridized carbons (Fsp3) is 0.464. The molecule has 2 aromatic carbocycles. The van der Waals surface area contributed by atoms with Gasteiger partial charge in [0.2, 0.25) is 0 Å². The maximum Gasteiger partial charge on any atom is 0.163 e. The van der Waals surface area contributed by atoms with Crippen molar-refractivity contribution in [2.75, 3.05) is 0 Å². The standard InChI is InChI=1S/C28H35FN2O/c1-5-25(32-31-27(30)18(2)3)23-13-9-10-20(26(23)29)16-19(4)22-14-15-28(17-24(22)28)21-11-7-6-8-12-21/h5-13,18-19,22,24H,14-17H2,1-4H3,(H2,30,31)/b25-5-/t19?,22-,24?,28+/m1/s1. The SMILES string of the molecule is C/C=C(\O/N=C(\N)C(C)C)c1cccc(CC(C)[C@H]2CC[C@@]3(c4ccccc4)CC23)c1F. The van der Waals surface area contributed by atoms with Crippen molar-refractivity contribution in [2.24, 2.45) is 34.6 Å². The number of allylic oxidation sites excluding steroid dienone is 1. The second-order valence-electron chi connectivity index (χ2n) is 9.91. The van der Waals surface area contributed by atoms with Gasteiger partial charge in [-0.3, -0.25) is 0 Å². The summed E-state index contributed by atoms with van der Waals surface area (Å²) >= 11 is 0. The van der Waals surface area contributed by atoms with Crippen LogP contribution in [0, 0.1) is 29.5 Å². The van der Waals surface area contributed by atoms with Gasteiger partial charge in [0, 0.05) is 5.92 Å². The molecule has 2 saturated carbocycles. The Kier molecular flexibility index (Phi) is 6.41. The molecule has 2 aromatic rings. The van der Waals surface area contributed by atoms with E-state index in [2.05, 4.69) is 42.4 Å². The Morgan fingerprint density at radius 3 is 2.59 bits per heavy atom. The Morgan fingerprint density at radius 2 is 1.94 bits per heavy atom. The van der Waals surface area contributed by atoms with Crippen molar-refractivity contribution in [1.82, 2.24) is 0 Å². The maximum atomic E-state index is 15.5. The van der Waals surface area contributed by atoms with E-state index < -0.39 is 0 Å². The topological polar surface area (TPSA) is 47.6 Å². The molecule has 32 heavy (non-hydrogen) atoms. The van der Waals surface area contributed by atoms with E-state index in [1.54, 1.807) is 12.1 Å². The van der Waals surface area contributed by atoms with Crippen molar-refractivity contribution in [3.8, 4) is 0 Å². The summed E-state index contributed by atoms with van der Waals surface area (Å²) in [6.07, 6.45) is 6.23. The molecule has 3 nitrogen and oxygen atoms in total. The molecule has 0 heterocycles. The molecule has 0 spiro atoms. The number of amidine groups is 1. The van der Waals surface area contributed by atoms with E-state index in [-0.39, 0.29) is 11.7 Å². The lowest BCUT2D eigenvalue weighted by atomic mass is 9.84. The molecule has 2 unspecified atom stereocenters. The van der Waals surface area contributed by atoms with Crippen molar-refractivity contribution in [2.45, 2.75) is 58.8 Å². The molecule has 2 N–H and O–H groups in total. The highest BCUT2D eigenvalue weighted by Gasteiger charge is 2.62. The molecule has 4 atom stereocenters. The van der Waals surface area contributed by atoms with E-state index in [4.69, 9.17) is 10.6 Å². The summed E-state index contributed by atoms with van der Waals surface area (Å²) in [5.74, 6) is 2.45. The lowest BCUT2D eigenvalue weighted by Gasteiger charge is -2.21. The summed E-state index contributed by atoms with van der Waals surface area (Å²) in [4.78, 5) is 5.51. The Balaban J connectivity index is 1.47. The zero-order valence-electron chi connectivity index (χ0n) is 19.6. The molecule has 2 aliphatic carbocycles. The molecule has 0 bridgehead atoms. The number of hydrogen-bond acceptors (Lipinski definition) is 2. The highest BCUT2D eigenvalue weighted by Crippen LogP contribution is 2.68. The highest BCUT2D eigenvalue weighted by atomic mass is 19.1. The van der Waals surface area contributed by atoms with Crippen molar-refractivity contribution in [3.63, 3.8) is 0 Å². The normalized spacial score (nSPS) is 26.2. The summed E-state index contributed by atoms with van der Waals surface area (Å²) in [5, 5.41) is 3.98. The average Bonchev–Trinajstić information content (AvgIpc) is 3.41. The van der Waals surface area contributed by atoms with Gasteiger partial charge in [-0.25, -0.2) is 4.39 Å². The minimum atomic E-state index is -0.214. The zero-order valence-corrected chi connectivity index (χ0v) is 19.6. The molecule has 2 aliphatic rings. The third-order valence-electron chi connectivity index (χ3n) is 7.64. The van der Waals surface area contributed by atoms with Gasteiger partial charge in [-0.1, -0.05) is 68.4 Å². The molecule has 0 saturated heterocycles. The number of fused-ring (bicyclic) bond motifs is 1. The molecule has 2 fully saturated rings. The van der Waals surface area contributed by atoms with Gasteiger partial charge in [-0.15, -0.1) is 0 Å². The van der Waals surface area contributed by atoms with Crippen LogP contribution < -0.4 is 5.73 Å². The minimum absolute atomic E-state index is 0.0713. The van der Waals surface area contributed by atoms with Gasteiger partial charge in [0.05, 0.1) is 5.56 Å². The molecule has 4 heteroatoms. The molecule has 4 rings (SSSR count). The third-order valence-corrected chi connectivity index (χ3v) is 7.64. The van der Waals surface area contributed by atoms with Gasteiger partial charge < -0.3 is 10.6 Å². The maximum absolute atomic E-state index is 15.5. The summed E-state index contributed by atoms with van der Waals surface area (Å²) < 4.78 is 15.5. The smallest absolute Gasteiger partial charge is 0.163 e. The first-order valence-electron chi connectivity index (χ1n) is 11.9. The lowest BCUT2D eigenvalue weighted by molar-refractivity contribution is 0.291. The number of rotatable bonds is 8. The molecule has 170 valence electrons. The average molecular weight is 435 g/mol. The van der Waals surface area contributed by atoms with Crippen molar-refractivity contribution in [1.29, 1.82) is 0 Å². The minimum Gasteiger partial charge on any atom is -0.384 e. The molecule has 0 radical (unpaired) electrons. The van der Waals surface area contributed by atoms with E-state index in [0.717, 1.165) is 17.9 Å². The molecule has 0 aliphatic heterocycles. The zero-order chi connectivity index (χ0) is 22.9.